The van der Waals surface area contributed by atoms with Crippen molar-refractivity contribution in [3.8, 4) is 0 Å². The maximum Gasteiger partial charge on any atom is 0.306 e. The van der Waals surface area contributed by atoms with Crippen molar-refractivity contribution in [3.63, 3.8) is 0 Å². The van der Waals surface area contributed by atoms with Gasteiger partial charge in [-0.25, -0.2) is 0 Å². The fourth-order valence-electron chi connectivity index (χ4n) is 2.43. The molecule has 0 aliphatic heterocycles. The Labute approximate surface area is 98.1 Å². The molecule has 2 heteroatoms. The van der Waals surface area contributed by atoms with Gasteiger partial charge in [0, 0.05) is 0 Å². The first-order chi connectivity index (χ1) is 7.26. The zero-order valence-electron chi connectivity index (χ0n) is 10.7. The SMILES string of the molecule is C=C(C[C@H](C)C(=O)O)C1CC=C(C)C1(C)C. The van der Waals surface area contributed by atoms with Gasteiger partial charge in [0.15, 0.2) is 0 Å². The van der Waals surface area contributed by atoms with Gasteiger partial charge in [-0.05, 0) is 31.1 Å². The van der Waals surface area contributed by atoms with Crippen LogP contribution in [0.25, 0.3) is 0 Å². The molecule has 1 rings (SSSR count). The van der Waals surface area contributed by atoms with Gasteiger partial charge in [-0.2, -0.15) is 0 Å². The second kappa shape index (κ2) is 4.44. The summed E-state index contributed by atoms with van der Waals surface area (Å²) in [6.45, 7) is 12.4. The van der Waals surface area contributed by atoms with Gasteiger partial charge in [-0.15, -0.1) is 0 Å². The number of carboxylic acids is 1. The Morgan fingerprint density at radius 1 is 1.69 bits per heavy atom. The van der Waals surface area contributed by atoms with E-state index in [9.17, 15) is 4.79 Å². The van der Waals surface area contributed by atoms with Crippen LogP contribution in [-0.2, 0) is 4.79 Å². The first kappa shape index (κ1) is 13.0. The lowest BCUT2D eigenvalue weighted by Crippen LogP contribution is -2.23. The van der Waals surface area contributed by atoms with Gasteiger partial charge in [0.2, 0.25) is 0 Å². The first-order valence-corrected chi connectivity index (χ1v) is 5.84. The summed E-state index contributed by atoms with van der Waals surface area (Å²) < 4.78 is 0. The second-order valence-corrected chi connectivity index (χ2v) is 5.50. The fourth-order valence-corrected chi connectivity index (χ4v) is 2.43. The van der Waals surface area contributed by atoms with E-state index < -0.39 is 5.97 Å². The molecule has 0 aromatic carbocycles. The highest BCUT2D eigenvalue weighted by atomic mass is 16.4. The van der Waals surface area contributed by atoms with E-state index in [1.54, 1.807) is 6.92 Å². The van der Waals surface area contributed by atoms with E-state index in [1.807, 2.05) is 0 Å². The van der Waals surface area contributed by atoms with E-state index in [4.69, 9.17) is 5.11 Å². The third kappa shape index (κ3) is 2.37. The normalized spacial score (nSPS) is 25.0. The van der Waals surface area contributed by atoms with Crippen LogP contribution in [0.2, 0.25) is 0 Å². The summed E-state index contributed by atoms with van der Waals surface area (Å²) in [4.78, 5) is 10.8. The molecule has 0 radical (unpaired) electrons. The van der Waals surface area contributed by atoms with E-state index in [0.717, 1.165) is 12.0 Å². The van der Waals surface area contributed by atoms with E-state index in [0.29, 0.717) is 12.3 Å². The smallest absolute Gasteiger partial charge is 0.306 e. The topological polar surface area (TPSA) is 37.3 Å². The summed E-state index contributed by atoms with van der Waals surface area (Å²) >= 11 is 0. The number of carboxylic acid groups (broad SMARTS) is 1. The molecular weight excluding hydrogens is 200 g/mol. The number of rotatable bonds is 4. The van der Waals surface area contributed by atoms with E-state index in [2.05, 4.69) is 33.4 Å². The standard InChI is InChI=1S/C14H22O2/c1-9(8-10(2)13(15)16)12-7-6-11(3)14(12,4)5/h6,10,12H,1,7-8H2,2-5H3,(H,15,16)/t10-,12?/m0/s1. The summed E-state index contributed by atoms with van der Waals surface area (Å²) in [5.74, 6) is -0.667. The molecule has 0 saturated carbocycles. The highest BCUT2D eigenvalue weighted by Gasteiger charge is 2.36. The molecule has 0 bridgehead atoms. The first-order valence-electron chi connectivity index (χ1n) is 5.84. The summed E-state index contributed by atoms with van der Waals surface area (Å²) in [5, 5.41) is 8.90. The molecule has 0 fully saturated rings. The molecule has 2 atom stereocenters. The molecular formula is C14H22O2. The predicted molar refractivity (Wildman–Crippen MR) is 66.2 cm³/mol. The molecule has 0 amide bonds. The number of carbonyl (C=O) groups is 1. The van der Waals surface area contributed by atoms with Crippen molar-refractivity contribution in [1.29, 1.82) is 0 Å². The van der Waals surface area contributed by atoms with Gasteiger partial charge in [0.05, 0.1) is 5.92 Å². The van der Waals surface area contributed by atoms with Gasteiger partial charge in [0.1, 0.15) is 0 Å². The Morgan fingerprint density at radius 2 is 2.25 bits per heavy atom. The molecule has 1 unspecified atom stereocenters. The zero-order chi connectivity index (χ0) is 12.5. The van der Waals surface area contributed by atoms with Crippen LogP contribution in [-0.4, -0.2) is 11.1 Å². The van der Waals surface area contributed by atoms with Crippen molar-refractivity contribution in [2.45, 2.75) is 40.5 Å². The molecule has 0 saturated heterocycles. The quantitative estimate of drug-likeness (QED) is 0.737. The molecule has 90 valence electrons. The number of aliphatic carboxylic acids is 1. The number of hydrogen-bond donors (Lipinski definition) is 1. The summed E-state index contributed by atoms with van der Waals surface area (Å²) in [7, 11) is 0. The molecule has 1 aliphatic carbocycles. The number of allylic oxidation sites excluding steroid dienone is 3. The Bertz CT molecular complexity index is 337. The molecule has 0 aromatic heterocycles. The van der Waals surface area contributed by atoms with Crippen LogP contribution in [0.5, 0.6) is 0 Å². The van der Waals surface area contributed by atoms with Crippen molar-refractivity contribution < 1.29 is 9.90 Å². The Balaban J connectivity index is 2.68. The average molecular weight is 222 g/mol. The minimum atomic E-state index is -0.735. The third-order valence-corrected chi connectivity index (χ3v) is 4.03. The van der Waals surface area contributed by atoms with Gasteiger partial charge < -0.3 is 5.11 Å². The van der Waals surface area contributed by atoms with Gasteiger partial charge in [-0.1, -0.05) is 44.6 Å². The van der Waals surface area contributed by atoms with Gasteiger partial charge in [0.25, 0.3) is 0 Å². The Kier molecular flexibility index (Phi) is 3.61. The van der Waals surface area contributed by atoms with Crippen LogP contribution in [0.3, 0.4) is 0 Å². The molecule has 1 N–H and O–H groups in total. The second-order valence-electron chi connectivity index (χ2n) is 5.50. The molecule has 0 spiro atoms. The van der Waals surface area contributed by atoms with E-state index >= 15 is 0 Å². The van der Waals surface area contributed by atoms with Crippen molar-refractivity contribution in [1.82, 2.24) is 0 Å². The average Bonchev–Trinajstić information content (AvgIpc) is 2.41. The van der Waals surface area contributed by atoms with E-state index in [-0.39, 0.29) is 11.3 Å². The molecule has 2 nitrogen and oxygen atoms in total. The fraction of sp³-hybridized carbons (Fsp3) is 0.643. The zero-order valence-corrected chi connectivity index (χ0v) is 10.7. The van der Waals surface area contributed by atoms with Crippen LogP contribution < -0.4 is 0 Å². The number of hydrogen-bond acceptors (Lipinski definition) is 1. The minimum Gasteiger partial charge on any atom is -0.481 e. The van der Waals surface area contributed by atoms with Crippen LogP contribution in [0.15, 0.2) is 23.8 Å². The summed E-state index contributed by atoms with van der Waals surface area (Å²) in [5.41, 5.74) is 2.60. The van der Waals surface area contributed by atoms with Crippen LogP contribution in [0, 0.1) is 17.3 Å². The Hall–Kier alpha value is -1.05. The van der Waals surface area contributed by atoms with Crippen molar-refractivity contribution >= 4 is 5.97 Å². The monoisotopic (exact) mass is 222 g/mol. The summed E-state index contributed by atoms with van der Waals surface area (Å²) in [6.07, 6.45) is 3.84. The van der Waals surface area contributed by atoms with Crippen LogP contribution in [0.1, 0.15) is 40.5 Å². The molecule has 16 heavy (non-hydrogen) atoms. The van der Waals surface area contributed by atoms with Crippen molar-refractivity contribution in [2.75, 3.05) is 0 Å². The summed E-state index contributed by atoms with van der Waals surface area (Å²) in [6, 6.07) is 0. The van der Waals surface area contributed by atoms with Crippen molar-refractivity contribution in [2.24, 2.45) is 17.3 Å². The Morgan fingerprint density at radius 3 is 2.62 bits per heavy atom. The highest BCUT2D eigenvalue weighted by Crippen LogP contribution is 2.47. The lowest BCUT2D eigenvalue weighted by atomic mass is 9.73. The lowest BCUT2D eigenvalue weighted by molar-refractivity contribution is -0.141. The molecule has 1 aliphatic rings. The molecule has 0 heterocycles. The van der Waals surface area contributed by atoms with Gasteiger partial charge >= 0.3 is 5.97 Å². The highest BCUT2D eigenvalue weighted by molar-refractivity contribution is 5.69. The predicted octanol–water partition coefficient (Wildman–Crippen LogP) is 3.65. The minimum absolute atomic E-state index is 0.134. The van der Waals surface area contributed by atoms with Crippen LogP contribution >= 0.6 is 0 Å². The van der Waals surface area contributed by atoms with Crippen molar-refractivity contribution in [3.05, 3.63) is 23.8 Å². The largest absolute Gasteiger partial charge is 0.481 e. The van der Waals surface area contributed by atoms with E-state index in [1.165, 1.54) is 5.57 Å². The lowest BCUT2D eigenvalue weighted by Gasteiger charge is -2.32. The maximum atomic E-state index is 10.8. The molecule has 0 aromatic rings. The third-order valence-electron chi connectivity index (χ3n) is 4.03. The van der Waals surface area contributed by atoms with Gasteiger partial charge in [-0.3, -0.25) is 4.79 Å². The maximum absolute atomic E-state index is 10.8. The van der Waals surface area contributed by atoms with Crippen LogP contribution in [0.4, 0.5) is 0 Å².